The summed E-state index contributed by atoms with van der Waals surface area (Å²) in [6.45, 7) is 0. The third-order valence-corrected chi connectivity index (χ3v) is 4.17. The summed E-state index contributed by atoms with van der Waals surface area (Å²) in [6, 6.07) is 9.16. The number of nitro groups is 1. The van der Waals surface area contributed by atoms with Crippen molar-refractivity contribution in [1.29, 1.82) is 0 Å². The average Bonchev–Trinajstić information content (AvgIpc) is 3.01. The lowest BCUT2D eigenvalue weighted by Crippen LogP contribution is -1.95. The summed E-state index contributed by atoms with van der Waals surface area (Å²) in [6.07, 6.45) is 3.22. The van der Waals surface area contributed by atoms with Gasteiger partial charge in [-0.3, -0.25) is 15.1 Å². The van der Waals surface area contributed by atoms with Gasteiger partial charge in [0.15, 0.2) is 0 Å². The van der Waals surface area contributed by atoms with Crippen LogP contribution in [0.15, 0.2) is 48.8 Å². The van der Waals surface area contributed by atoms with Crippen LogP contribution < -0.4 is 0 Å². The number of nitrogens with zero attached hydrogens (tertiary/aromatic N) is 3. The van der Waals surface area contributed by atoms with Gasteiger partial charge in [-0.1, -0.05) is 0 Å². The first-order chi connectivity index (χ1) is 11.1. The number of hydrogen-bond donors (Lipinski definition) is 1. The van der Waals surface area contributed by atoms with Crippen LogP contribution in [0.5, 0.6) is 0 Å². The lowest BCUT2D eigenvalue weighted by molar-refractivity contribution is -0.384. The summed E-state index contributed by atoms with van der Waals surface area (Å²) in [5.74, 6) is -1.09. The van der Waals surface area contributed by atoms with Gasteiger partial charge in [0.1, 0.15) is 9.88 Å². The van der Waals surface area contributed by atoms with Crippen LogP contribution in [0.4, 0.5) is 5.69 Å². The van der Waals surface area contributed by atoms with Crippen molar-refractivity contribution in [2.24, 2.45) is 0 Å². The van der Waals surface area contributed by atoms with Crippen LogP contribution in [0.2, 0.25) is 0 Å². The van der Waals surface area contributed by atoms with E-state index in [2.05, 4.69) is 9.97 Å². The molecule has 0 radical (unpaired) electrons. The number of carboxylic acid groups (broad SMARTS) is 1. The molecule has 7 nitrogen and oxygen atoms in total. The first kappa shape index (κ1) is 14.8. The highest BCUT2D eigenvalue weighted by Gasteiger charge is 2.20. The number of carboxylic acids is 1. The van der Waals surface area contributed by atoms with E-state index in [0.717, 1.165) is 11.3 Å². The van der Waals surface area contributed by atoms with Crippen LogP contribution in [0.1, 0.15) is 9.67 Å². The Labute approximate surface area is 134 Å². The van der Waals surface area contributed by atoms with Crippen molar-refractivity contribution in [3.05, 3.63) is 63.8 Å². The fourth-order valence-electron chi connectivity index (χ4n) is 2.01. The molecular weight excluding hydrogens is 318 g/mol. The molecule has 0 bridgehead atoms. The van der Waals surface area contributed by atoms with Crippen molar-refractivity contribution in [3.8, 4) is 21.8 Å². The van der Waals surface area contributed by atoms with Crippen LogP contribution in [-0.4, -0.2) is 26.0 Å². The molecule has 2 aromatic heterocycles. The standard InChI is InChI=1S/C15H9N3O4S/c19-15(20)13-12(9-3-5-11(6-4-9)18(21)22)17-14(23-13)10-2-1-7-16-8-10/h1-8H,(H,19,20). The van der Waals surface area contributed by atoms with E-state index in [1.54, 1.807) is 24.5 Å². The maximum absolute atomic E-state index is 11.5. The Bertz CT molecular complexity index is 875. The molecule has 0 fully saturated rings. The number of non-ortho nitro benzene ring substituents is 1. The molecule has 0 saturated heterocycles. The lowest BCUT2D eigenvalue weighted by Gasteiger charge is -1.98. The van der Waals surface area contributed by atoms with E-state index >= 15 is 0 Å². The zero-order valence-corrected chi connectivity index (χ0v) is 12.4. The number of hydrogen-bond acceptors (Lipinski definition) is 6. The molecule has 0 aliphatic carbocycles. The van der Waals surface area contributed by atoms with E-state index in [-0.39, 0.29) is 16.3 Å². The monoisotopic (exact) mass is 327 g/mol. The van der Waals surface area contributed by atoms with E-state index < -0.39 is 10.9 Å². The highest BCUT2D eigenvalue weighted by Crippen LogP contribution is 2.34. The second kappa shape index (κ2) is 5.93. The number of rotatable bonds is 4. The molecule has 0 aliphatic heterocycles. The third-order valence-electron chi connectivity index (χ3n) is 3.08. The third kappa shape index (κ3) is 2.92. The SMILES string of the molecule is O=C(O)c1sc(-c2cccnc2)nc1-c1ccc([N+](=O)[O-])cc1. The summed E-state index contributed by atoms with van der Waals surface area (Å²) in [4.78, 5) is 30.1. The predicted octanol–water partition coefficient (Wildman–Crippen LogP) is 3.48. The summed E-state index contributed by atoms with van der Waals surface area (Å²) < 4.78 is 0. The topological polar surface area (TPSA) is 106 Å². The number of nitro benzene ring substituents is 1. The van der Waals surface area contributed by atoms with Gasteiger partial charge in [0.2, 0.25) is 0 Å². The van der Waals surface area contributed by atoms with Gasteiger partial charge in [0.05, 0.1) is 10.6 Å². The molecule has 3 rings (SSSR count). The number of pyridine rings is 1. The quantitative estimate of drug-likeness (QED) is 0.581. The van der Waals surface area contributed by atoms with E-state index in [1.807, 2.05) is 0 Å². The fraction of sp³-hybridized carbons (Fsp3) is 0. The van der Waals surface area contributed by atoms with Gasteiger partial charge in [0.25, 0.3) is 5.69 Å². The molecule has 0 atom stereocenters. The van der Waals surface area contributed by atoms with Crippen molar-refractivity contribution < 1.29 is 14.8 Å². The molecule has 0 saturated carbocycles. The van der Waals surface area contributed by atoms with Crippen molar-refractivity contribution >= 4 is 23.0 Å². The first-order valence-corrected chi connectivity index (χ1v) is 7.27. The number of carbonyl (C=O) groups is 1. The zero-order valence-electron chi connectivity index (χ0n) is 11.5. The second-order valence-electron chi connectivity index (χ2n) is 4.55. The van der Waals surface area contributed by atoms with Crippen LogP contribution in [0, 0.1) is 10.1 Å². The average molecular weight is 327 g/mol. The number of benzene rings is 1. The van der Waals surface area contributed by atoms with Gasteiger partial charge >= 0.3 is 5.97 Å². The minimum atomic E-state index is -1.09. The highest BCUT2D eigenvalue weighted by molar-refractivity contribution is 7.17. The maximum Gasteiger partial charge on any atom is 0.348 e. The lowest BCUT2D eigenvalue weighted by atomic mass is 10.1. The number of aromatic nitrogens is 2. The van der Waals surface area contributed by atoms with Gasteiger partial charge in [0, 0.05) is 35.7 Å². The molecule has 0 spiro atoms. The van der Waals surface area contributed by atoms with Gasteiger partial charge < -0.3 is 5.11 Å². The largest absolute Gasteiger partial charge is 0.477 e. The summed E-state index contributed by atoms with van der Waals surface area (Å²) >= 11 is 1.04. The van der Waals surface area contributed by atoms with Crippen molar-refractivity contribution in [2.45, 2.75) is 0 Å². The molecule has 0 aliphatic rings. The number of aromatic carboxylic acids is 1. The fourth-order valence-corrected chi connectivity index (χ4v) is 2.93. The Morgan fingerprint density at radius 3 is 2.48 bits per heavy atom. The Morgan fingerprint density at radius 1 is 1.17 bits per heavy atom. The minimum Gasteiger partial charge on any atom is -0.477 e. The van der Waals surface area contributed by atoms with Crippen LogP contribution in [0.25, 0.3) is 21.8 Å². The summed E-state index contributed by atoms with van der Waals surface area (Å²) in [5.41, 5.74) is 1.46. The van der Waals surface area contributed by atoms with Crippen molar-refractivity contribution in [1.82, 2.24) is 9.97 Å². The Kier molecular flexibility index (Phi) is 3.82. The molecule has 8 heteroatoms. The molecule has 0 amide bonds. The highest BCUT2D eigenvalue weighted by atomic mass is 32.1. The molecule has 2 heterocycles. The van der Waals surface area contributed by atoms with Gasteiger partial charge in [-0.15, -0.1) is 11.3 Å². The van der Waals surface area contributed by atoms with E-state index in [0.29, 0.717) is 16.1 Å². The normalized spacial score (nSPS) is 10.4. The molecule has 23 heavy (non-hydrogen) atoms. The van der Waals surface area contributed by atoms with Crippen LogP contribution in [-0.2, 0) is 0 Å². The smallest absolute Gasteiger partial charge is 0.348 e. The maximum atomic E-state index is 11.5. The second-order valence-corrected chi connectivity index (χ2v) is 5.55. The molecular formula is C15H9N3O4S. The van der Waals surface area contributed by atoms with E-state index in [4.69, 9.17) is 0 Å². The zero-order chi connectivity index (χ0) is 16.4. The molecule has 1 aromatic carbocycles. The first-order valence-electron chi connectivity index (χ1n) is 6.45. The molecule has 114 valence electrons. The number of thiazole rings is 1. The van der Waals surface area contributed by atoms with Crippen molar-refractivity contribution in [2.75, 3.05) is 0 Å². The van der Waals surface area contributed by atoms with Gasteiger partial charge in [-0.05, 0) is 24.3 Å². The predicted molar refractivity (Wildman–Crippen MR) is 84.4 cm³/mol. The minimum absolute atomic E-state index is 0.0617. The van der Waals surface area contributed by atoms with Gasteiger partial charge in [-0.2, -0.15) is 0 Å². The Hall–Kier alpha value is -3.13. The Balaban J connectivity index is 2.09. The van der Waals surface area contributed by atoms with Crippen LogP contribution in [0.3, 0.4) is 0 Å². The van der Waals surface area contributed by atoms with Gasteiger partial charge in [-0.25, -0.2) is 9.78 Å². The molecule has 3 aromatic rings. The molecule has 1 N–H and O–H groups in total. The van der Waals surface area contributed by atoms with Crippen LogP contribution >= 0.6 is 11.3 Å². The molecule has 0 unspecified atom stereocenters. The Morgan fingerprint density at radius 2 is 1.91 bits per heavy atom. The summed E-state index contributed by atoms with van der Waals surface area (Å²) in [5, 5.41) is 20.6. The van der Waals surface area contributed by atoms with E-state index in [9.17, 15) is 20.0 Å². The summed E-state index contributed by atoms with van der Waals surface area (Å²) in [7, 11) is 0. The van der Waals surface area contributed by atoms with Crippen molar-refractivity contribution in [3.63, 3.8) is 0 Å². The van der Waals surface area contributed by atoms with E-state index in [1.165, 1.54) is 24.3 Å².